The third kappa shape index (κ3) is 9.65. The Morgan fingerprint density at radius 2 is 1.22 bits per heavy atom. The number of ether oxygens (including phenoxy) is 2. The van der Waals surface area contributed by atoms with Crippen molar-refractivity contribution in [3.05, 3.63) is 108 Å². The van der Waals surface area contributed by atoms with Crippen LogP contribution in [0.3, 0.4) is 0 Å². The van der Waals surface area contributed by atoms with Crippen LogP contribution in [0.2, 0.25) is 5.28 Å². The molecule has 0 aliphatic rings. The number of furan rings is 1. The SMILES string of the molecule is CC(C)(C)OC(=O)n1cc(-c2ccc(Nc3nc(Cl)nc4ccoc34)cc2)cn1.Cc1nc(Nc2ccc(-c3cnn(C(=O)OC(C)(C)C)c3)cc2)c2ccsc2n1. The second-order valence-corrected chi connectivity index (χ2v) is 16.2. The van der Waals surface area contributed by atoms with Crippen molar-refractivity contribution in [3.63, 3.8) is 0 Å². The molecule has 0 aliphatic carbocycles. The third-order valence-corrected chi connectivity index (χ3v) is 8.98. The van der Waals surface area contributed by atoms with Gasteiger partial charge in [-0.1, -0.05) is 24.3 Å². The van der Waals surface area contributed by atoms with E-state index in [0.717, 1.165) is 55.5 Å². The molecule has 8 aromatic rings. The topological polar surface area (TPSA) is 177 Å². The van der Waals surface area contributed by atoms with Gasteiger partial charge in [0.15, 0.2) is 11.4 Å². The molecule has 0 spiro atoms. The molecule has 6 heterocycles. The number of nitrogens with zero attached hydrogens (tertiary/aromatic N) is 8. The van der Waals surface area contributed by atoms with Crippen LogP contribution in [-0.2, 0) is 9.47 Å². The zero-order valence-electron chi connectivity index (χ0n) is 32.6. The highest BCUT2D eigenvalue weighted by atomic mass is 35.5. The predicted molar refractivity (Wildman–Crippen MR) is 224 cm³/mol. The molecule has 296 valence electrons. The summed E-state index contributed by atoms with van der Waals surface area (Å²) in [6.45, 7) is 12.8. The first-order valence-corrected chi connectivity index (χ1v) is 19.3. The molecular formula is C41H39ClN10O5S. The van der Waals surface area contributed by atoms with Gasteiger partial charge in [-0.05, 0) is 107 Å². The van der Waals surface area contributed by atoms with Gasteiger partial charge in [-0.25, -0.2) is 24.5 Å². The van der Waals surface area contributed by atoms with E-state index in [1.165, 1.54) is 15.6 Å². The fourth-order valence-electron chi connectivity index (χ4n) is 5.50. The van der Waals surface area contributed by atoms with Crippen LogP contribution in [0.15, 0.2) is 102 Å². The molecule has 0 fully saturated rings. The van der Waals surface area contributed by atoms with Crippen molar-refractivity contribution in [2.45, 2.75) is 59.7 Å². The Morgan fingerprint density at radius 3 is 1.76 bits per heavy atom. The number of carbonyl (C=O) groups excluding carboxylic acids is 2. The van der Waals surface area contributed by atoms with Crippen molar-refractivity contribution in [3.8, 4) is 22.3 Å². The number of rotatable bonds is 6. The fourth-order valence-corrected chi connectivity index (χ4v) is 6.49. The van der Waals surface area contributed by atoms with E-state index in [0.29, 0.717) is 16.9 Å². The van der Waals surface area contributed by atoms with Crippen LogP contribution in [0.25, 0.3) is 43.6 Å². The molecule has 0 unspecified atom stereocenters. The summed E-state index contributed by atoms with van der Waals surface area (Å²) < 4.78 is 18.5. The molecule has 0 saturated heterocycles. The first kappa shape index (κ1) is 39.6. The van der Waals surface area contributed by atoms with Crippen molar-refractivity contribution < 1.29 is 23.5 Å². The Labute approximate surface area is 342 Å². The maximum Gasteiger partial charge on any atom is 0.435 e. The molecule has 8 rings (SSSR count). The average Bonchev–Trinajstić information content (AvgIpc) is 3.99. The second-order valence-electron chi connectivity index (χ2n) is 14.9. The van der Waals surface area contributed by atoms with Crippen molar-refractivity contribution in [2.24, 2.45) is 0 Å². The van der Waals surface area contributed by atoms with Gasteiger partial charge in [0.05, 0.1) is 24.0 Å². The molecule has 6 aromatic heterocycles. The van der Waals surface area contributed by atoms with Crippen molar-refractivity contribution in [1.29, 1.82) is 0 Å². The van der Waals surface area contributed by atoms with Crippen LogP contribution in [-0.4, -0.2) is 62.9 Å². The summed E-state index contributed by atoms with van der Waals surface area (Å²) in [5.41, 5.74) is 5.18. The highest BCUT2D eigenvalue weighted by Gasteiger charge is 2.20. The Morgan fingerprint density at radius 1 is 0.690 bits per heavy atom. The summed E-state index contributed by atoms with van der Waals surface area (Å²) in [6.07, 6.45) is 7.07. The Balaban J connectivity index is 0.000000177. The summed E-state index contributed by atoms with van der Waals surface area (Å²) in [5.74, 6) is 2.00. The first-order chi connectivity index (χ1) is 27.6. The number of nitrogens with one attached hydrogen (secondary N) is 2. The lowest BCUT2D eigenvalue weighted by Gasteiger charge is -2.18. The smallest absolute Gasteiger partial charge is 0.435 e. The highest BCUT2D eigenvalue weighted by Crippen LogP contribution is 2.30. The summed E-state index contributed by atoms with van der Waals surface area (Å²) in [5, 5.41) is 17.9. The zero-order chi connectivity index (χ0) is 41.2. The largest absolute Gasteiger partial charge is 0.459 e. The number of hydrogen-bond donors (Lipinski definition) is 2. The van der Waals surface area contributed by atoms with E-state index in [-0.39, 0.29) is 5.28 Å². The summed E-state index contributed by atoms with van der Waals surface area (Å²) in [7, 11) is 0. The molecule has 15 nitrogen and oxygen atoms in total. The molecule has 0 amide bonds. The minimum atomic E-state index is -0.584. The van der Waals surface area contributed by atoms with E-state index in [1.54, 1.807) is 42.2 Å². The number of hydrogen-bond acceptors (Lipinski definition) is 14. The van der Waals surface area contributed by atoms with Crippen LogP contribution < -0.4 is 10.6 Å². The Kier molecular flexibility index (Phi) is 11.0. The van der Waals surface area contributed by atoms with Gasteiger partial charge in [0.1, 0.15) is 33.2 Å². The molecule has 58 heavy (non-hydrogen) atoms. The van der Waals surface area contributed by atoms with Gasteiger partial charge in [0.25, 0.3) is 0 Å². The van der Waals surface area contributed by atoms with Crippen LogP contribution in [0, 0.1) is 6.92 Å². The number of thiophene rings is 1. The lowest BCUT2D eigenvalue weighted by atomic mass is 10.1. The maximum atomic E-state index is 12.1. The van der Waals surface area contributed by atoms with Gasteiger partial charge in [0, 0.05) is 41.0 Å². The maximum absolute atomic E-state index is 12.1. The van der Waals surface area contributed by atoms with E-state index in [1.807, 2.05) is 108 Å². The normalized spacial score (nSPS) is 11.6. The van der Waals surface area contributed by atoms with E-state index in [2.05, 4.69) is 40.8 Å². The number of fused-ring (bicyclic) bond motifs is 2. The lowest BCUT2D eigenvalue weighted by Crippen LogP contribution is -2.27. The highest BCUT2D eigenvalue weighted by molar-refractivity contribution is 7.16. The molecule has 2 aromatic carbocycles. The monoisotopic (exact) mass is 818 g/mol. The third-order valence-electron chi connectivity index (χ3n) is 8.00. The average molecular weight is 819 g/mol. The number of anilines is 4. The fraction of sp³-hybridized carbons (Fsp3) is 0.220. The molecule has 2 N–H and O–H groups in total. The first-order valence-electron chi connectivity index (χ1n) is 18.0. The van der Waals surface area contributed by atoms with Gasteiger partial charge in [0.2, 0.25) is 5.28 Å². The van der Waals surface area contributed by atoms with Crippen LogP contribution in [0.1, 0.15) is 47.4 Å². The number of aryl methyl sites for hydroxylation is 1. The minimum absolute atomic E-state index is 0.132. The molecule has 0 saturated carbocycles. The summed E-state index contributed by atoms with van der Waals surface area (Å²) >= 11 is 7.56. The minimum Gasteiger partial charge on any atom is -0.459 e. The van der Waals surface area contributed by atoms with E-state index in [9.17, 15) is 9.59 Å². The standard InChI is InChI=1S/C21H21N5O2S.C20H18ClN5O3/c1-13-23-18(17-9-10-29-19(17)24-13)25-16-7-5-14(6-8-16)15-11-22-26(12-15)20(27)28-21(2,3)4;1-20(2,3)29-19(27)26-11-13(10-22-26)12-4-6-14(7-5-12)23-17-16-15(8-9-28-16)24-18(21)25-17/h5-12H,1-4H3,(H,23,24,25);4-11H,1-3H3,(H,23,24,25). The molecule has 0 radical (unpaired) electrons. The molecule has 0 aliphatic heterocycles. The molecule has 17 heteroatoms. The number of aromatic nitrogens is 8. The molecule has 0 bridgehead atoms. The van der Waals surface area contributed by atoms with Crippen molar-refractivity contribution in [2.75, 3.05) is 10.6 Å². The van der Waals surface area contributed by atoms with Crippen LogP contribution >= 0.6 is 22.9 Å². The van der Waals surface area contributed by atoms with Gasteiger partial charge in [-0.3, -0.25) is 0 Å². The Bertz CT molecular complexity index is 2540. The summed E-state index contributed by atoms with van der Waals surface area (Å²) in [4.78, 5) is 42.5. The number of halogens is 1. The zero-order valence-corrected chi connectivity index (χ0v) is 34.2. The van der Waals surface area contributed by atoms with E-state index >= 15 is 0 Å². The van der Waals surface area contributed by atoms with Gasteiger partial charge < -0.3 is 24.5 Å². The lowest BCUT2D eigenvalue weighted by molar-refractivity contribution is 0.0503. The van der Waals surface area contributed by atoms with Crippen molar-refractivity contribution >= 4 is 79.5 Å². The Hall–Kier alpha value is -6.65. The number of carbonyl (C=O) groups is 2. The number of benzene rings is 2. The van der Waals surface area contributed by atoms with Crippen LogP contribution in [0.4, 0.5) is 32.6 Å². The van der Waals surface area contributed by atoms with E-state index in [4.69, 9.17) is 25.5 Å². The second kappa shape index (κ2) is 16.1. The quantitative estimate of drug-likeness (QED) is 0.152. The van der Waals surface area contributed by atoms with Crippen LogP contribution in [0.5, 0.6) is 0 Å². The van der Waals surface area contributed by atoms with Gasteiger partial charge in [-0.15, -0.1) is 11.3 Å². The van der Waals surface area contributed by atoms with E-state index < -0.39 is 23.4 Å². The molecular weight excluding hydrogens is 780 g/mol. The summed E-state index contributed by atoms with van der Waals surface area (Å²) in [6, 6.07) is 19.2. The van der Waals surface area contributed by atoms with Crippen molar-refractivity contribution in [1.82, 2.24) is 39.5 Å². The molecule has 0 atom stereocenters. The van der Waals surface area contributed by atoms with Gasteiger partial charge >= 0.3 is 12.2 Å². The predicted octanol–water partition coefficient (Wildman–Crippen LogP) is 10.7. The van der Waals surface area contributed by atoms with Gasteiger partial charge in [-0.2, -0.15) is 24.5 Å².